The van der Waals surface area contributed by atoms with E-state index in [2.05, 4.69) is 10.2 Å². The maximum Gasteiger partial charge on any atom is 0.0577 e. The van der Waals surface area contributed by atoms with Crippen LogP contribution >= 0.6 is 11.6 Å². The number of aromatic nitrogens is 2. The highest BCUT2D eigenvalue weighted by atomic mass is 35.5. The van der Waals surface area contributed by atoms with Gasteiger partial charge in [0.25, 0.3) is 0 Å². The molecule has 2 rings (SSSR count). The monoisotopic (exact) mass is 178 g/mol. The molecule has 0 amide bonds. The summed E-state index contributed by atoms with van der Waals surface area (Å²) in [5.74, 6) is 0. The molecule has 0 bridgehead atoms. The van der Waals surface area contributed by atoms with Crippen LogP contribution in [0.1, 0.15) is 5.56 Å². The van der Waals surface area contributed by atoms with Gasteiger partial charge in [-0.3, -0.25) is 0 Å². The lowest BCUT2D eigenvalue weighted by Crippen LogP contribution is -1.84. The SMILES string of the molecule is Cc1c(Cl)ccc2cnncc12. The number of hydrogen-bond acceptors (Lipinski definition) is 2. The predicted octanol–water partition coefficient (Wildman–Crippen LogP) is 2.59. The van der Waals surface area contributed by atoms with Crippen LogP contribution in [0.3, 0.4) is 0 Å². The molecule has 2 nitrogen and oxygen atoms in total. The molecule has 1 aromatic carbocycles. The van der Waals surface area contributed by atoms with Crippen LogP contribution in [-0.4, -0.2) is 10.2 Å². The van der Waals surface area contributed by atoms with Crippen LogP contribution in [-0.2, 0) is 0 Å². The summed E-state index contributed by atoms with van der Waals surface area (Å²) in [6, 6.07) is 3.82. The fourth-order valence-corrected chi connectivity index (χ4v) is 1.36. The molecule has 60 valence electrons. The first kappa shape index (κ1) is 7.50. The van der Waals surface area contributed by atoms with E-state index in [1.807, 2.05) is 19.1 Å². The Kier molecular flexibility index (Phi) is 1.70. The Morgan fingerprint density at radius 3 is 2.75 bits per heavy atom. The summed E-state index contributed by atoms with van der Waals surface area (Å²) in [6.45, 7) is 1.98. The molecule has 3 heteroatoms. The summed E-state index contributed by atoms with van der Waals surface area (Å²) in [6.07, 6.45) is 3.47. The van der Waals surface area contributed by atoms with Crippen LogP contribution in [0.25, 0.3) is 10.8 Å². The number of rotatable bonds is 0. The number of aryl methyl sites for hydroxylation is 1. The van der Waals surface area contributed by atoms with Crippen LogP contribution in [0.2, 0.25) is 5.02 Å². The number of nitrogens with zero attached hydrogens (tertiary/aromatic N) is 2. The summed E-state index contributed by atoms with van der Waals surface area (Å²) in [4.78, 5) is 0. The third-order valence-corrected chi connectivity index (χ3v) is 2.34. The highest BCUT2D eigenvalue weighted by molar-refractivity contribution is 6.32. The number of halogens is 1. The second-order valence-corrected chi connectivity index (χ2v) is 3.07. The van der Waals surface area contributed by atoms with E-state index in [0.717, 1.165) is 21.4 Å². The average molecular weight is 179 g/mol. The Morgan fingerprint density at radius 1 is 1.17 bits per heavy atom. The summed E-state index contributed by atoms with van der Waals surface area (Å²) in [5, 5.41) is 10.5. The van der Waals surface area contributed by atoms with Crippen LogP contribution < -0.4 is 0 Å². The molecule has 0 spiro atoms. The summed E-state index contributed by atoms with van der Waals surface area (Å²) >= 11 is 5.94. The van der Waals surface area contributed by atoms with E-state index in [1.165, 1.54) is 0 Å². The normalized spacial score (nSPS) is 10.5. The second-order valence-electron chi connectivity index (χ2n) is 2.66. The summed E-state index contributed by atoms with van der Waals surface area (Å²) in [7, 11) is 0. The van der Waals surface area contributed by atoms with Crippen molar-refractivity contribution in [2.24, 2.45) is 0 Å². The van der Waals surface area contributed by atoms with Crippen molar-refractivity contribution in [2.45, 2.75) is 6.92 Å². The first-order chi connectivity index (χ1) is 5.79. The topological polar surface area (TPSA) is 25.8 Å². The van der Waals surface area contributed by atoms with Crippen molar-refractivity contribution < 1.29 is 0 Å². The van der Waals surface area contributed by atoms with E-state index in [9.17, 15) is 0 Å². The van der Waals surface area contributed by atoms with Crippen molar-refractivity contribution >= 4 is 22.4 Å². The standard InChI is InChI=1S/C9H7ClN2/c1-6-8-5-12-11-4-7(8)2-3-9(6)10/h2-5H,1H3. The Morgan fingerprint density at radius 2 is 1.92 bits per heavy atom. The molecule has 0 aliphatic rings. The largest absolute Gasteiger partial charge is 0.158 e. The molecule has 0 radical (unpaired) electrons. The van der Waals surface area contributed by atoms with Gasteiger partial charge in [-0.05, 0) is 18.6 Å². The van der Waals surface area contributed by atoms with Crippen molar-refractivity contribution in [3.63, 3.8) is 0 Å². The zero-order valence-corrected chi connectivity index (χ0v) is 7.34. The van der Waals surface area contributed by atoms with Gasteiger partial charge in [0, 0.05) is 15.8 Å². The van der Waals surface area contributed by atoms with Gasteiger partial charge in [0.2, 0.25) is 0 Å². The quantitative estimate of drug-likeness (QED) is 0.620. The minimum absolute atomic E-state index is 0.774. The lowest BCUT2D eigenvalue weighted by molar-refractivity contribution is 1.05. The molecule has 0 saturated heterocycles. The summed E-state index contributed by atoms with van der Waals surface area (Å²) in [5.41, 5.74) is 1.06. The van der Waals surface area contributed by atoms with E-state index in [1.54, 1.807) is 12.4 Å². The van der Waals surface area contributed by atoms with E-state index in [0.29, 0.717) is 0 Å². The van der Waals surface area contributed by atoms with Gasteiger partial charge in [-0.2, -0.15) is 10.2 Å². The van der Waals surface area contributed by atoms with Gasteiger partial charge in [0.15, 0.2) is 0 Å². The van der Waals surface area contributed by atoms with Gasteiger partial charge in [0.1, 0.15) is 0 Å². The molecule has 0 aliphatic heterocycles. The molecular weight excluding hydrogens is 172 g/mol. The third kappa shape index (κ3) is 1.04. The van der Waals surface area contributed by atoms with Crippen molar-refractivity contribution in [1.29, 1.82) is 0 Å². The van der Waals surface area contributed by atoms with E-state index in [4.69, 9.17) is 11.6 Å². The first-order valence-corrected chi connectivity index (χ1v) is 4.02. The van der Waals surface area contributed by atoms with Crippen molar-refractivity contribution in [2.75, 3.05) is 0 Å². The van der Waals surface area contributed by atoms with Crippen LogP contribution in [0, 0.1) is 6.92 Å². The lowest BCUT2D eigenvalue weighted by Gasteiger charge is -2.01. The smallest absolute Gasteiger partial charge is 0.0577 e. The summed E-state index contributed by atoms with van der Waals surface area (Å²) < 4.78 is 0. The maximum absolute atomic E-state index is 5.94. The van der Waals surface area contributed by atoms with E-state index >= 15 is 0 Å². The van der Waals surface area contributed by atoms with E-state index < -0.39 is 0 Å². The van der Waals surface area contributed by atoms with Crippen molar-refractivity contribution in [3.05, 3.63) is 35.1 Å². The predicted molar refractivity (Wildman–Crippen MR) is 49.3 cm³/mol. The average Bonchev–Trinajstić information content (AvgIpc) is 2.12. The molecule has 12 heavy (non-hydrogen) atoms. The molecule has 1 heterocycles. The number of fused-ring (bicyclic) bond motifs is 1. The molecule has 0 saturated carbocycles. The Balaban J connectivity index is 2.91. The Bertz CT molecular complexity index is 426. The first-order valence-electron chi connectivity index (χ1n) is 3.64. The zero-order valence-electron chi connectivity index (χ0n) is 6.58. The molecule has 0 unspecified atom stereocenters. The fraction of sp³-hybridized carbons (Fsp3) is 0.111. The number of hydrogen-bond donors (Lipinski definition) is 0. The van der Waals surface area contributed by atoms with Gasteiger partial charge >= 0.3 is 0 Å². The molecule has 0 fully saturated rings. The fourth-order valence-electron chi connectivity index (χ4n) is 1.19. The van der Waals surface area contributed by atoms with E-state index in [-0.39, 0.29) is 0 Å². The zero-order chi connectivity index (χ0) is 8.55. The van der Waals surface area contributed by atoms with Crippen molar-refractivity contribution in [3.8, 4) is 0 Å². The lowest BCUT2D eigenvalue weighted by atomic mass is 10.1. The minimum atomic E-state index is 0.774. The van der Waals surface area contributed by atoms with Crippen LogP contribution in [0.4, 0.5) is 0 Å². The third-order valence-electron chi connectivity index (χ3n) is 1.93. The van der Waals surface area contributed by atoms with Crippen molar-refractivity contribution in [1.82, 2.24) is 10.2 Å². The van der Waals surface area contributed by atoms with Crippen LogP contribution in [0.15, 0.2) is 24.5 Å². The molecule has 0 aliphatic carbocycles. The highest BCUT2D eigenvalue weighted by Gasteiger charge is 2.00. The molecule has 0 N–H and O–H groups in total. The Labute approximate surface area is 75.2 Å². The van der Waals surface area contributed by atoms with Gasteiger partial charge in [-0.15, -0.1) is 0 Å². The van der Waals surface area contributed by atoms with Gasteiger partial charge < -0.3 is 0 Å². The second kappa shape index (κ2) is 2.72. The van der Waals surface area contributed by atoms with Crippen LogP contribution in [0.5, 0.6) is 0 Å². The molecular formula is C9H7ClN2. The molecule has 0 atom stereocenters. The molecule has 2 aromatic rings. The Hall–Kier alpha value is -1.15. The minimum Gasteiger partial charge on any atom is -0.158 e. The van der Waals surface area contributed by atoms with Gasteiger partial charge in [-0.1, -0.05) is 17.7 Å². The highest BCUT2D eigenvalue weighted by Crippen LogP contribution is 2.23. The van der Waals surface area contributed by atoms with Gasteiger partial charge in [-0.25, -0.2) is 0 Å². The number of benzene rings is 1. The molecule has 1 aromatic heterocycles. The van der Waals surface area contributed by atoms with Gasteiger partial charge in [0.05, 0.1) is 12.4 Å². The maximum atomic E-state index is 5.94.